The molecule has 0 bridgehead atoms. The van der Waals surface area contributed by atoms with Crippen molar-refractivity contribution in [2.75, 3.05) is 0 Å². The Morgan fingerprint density at radius 2 is 1.68 bits per heavy atom. The van der Waals surface area contributed by atoms with Crippen molar-refractivity contribution in [3.05, 3.63) is 95.8 Å². The Hall–Kier alpha value is -2.92. The minimum atomic E-state index is -0.316. The molecular formula is C20H16FN. The van der Waals surface area contributed by atoms with E-state index in [0.29, 0.717) is 11.1 Å². The van der Waals surface area contributed by atoms with Crippen LogP contribution in [0.15, 0.2) is 79.2 Å². The molecule has 0 radical (unpaired) electrons. The first-order valence-corrected chi connectivity index (χ1v) is 6.92. The lowest BCUT2D eigenvalue weighted by Gasteiger charge is -2.05. The van der Waals surface area contributed by atoms with Crippen LogP contribution in [0.3, 0.4) is 0 Å². The third kappa shape index (κ3) is 3.59. The third-order valence-corrected chi connectivity index (χ3v) is 3.41. The maximum Gasteiger partial charge on any atom is 0.127 e. The Labute approximate surface area is 130 Å². The van der Waals surface area contributed by atoms with E-state index in [0.717, 1.165) is 16.7 Å². The summed E-state index contributed by atoms with van der Waals surface area (Å²) >= 11 is 0. The highest BCUT2D eigenvalue weighted by molar-refractivity contribution is 5.78. The van der Waals surface area contributed by atoms with E-state index in [1.807, 2.05) is 30.3 Å². The van der Waals surface area contributed by atoms with Crippen molar-refractivity contribution < 1.29 is 4.39 Å². The summed E-state index contributed by atoms with van der Waals surface area (Å²) in [6, 6.07) is 18.5. The molecule has 0 amide bonds. The van der Waals surface area contributed by atoms with Gasteiger partial charge in [-0.1, -0.05) is 55.1 Å². The van der Waals surface area contributed by atoms with E-state index < -0.39 is 0 Å². The average Bonchev–Trinajstić information content (AvgIpc) is 2.59. The van der Waals surface area contributed by atoms with E-state index in [4.69, 9.17) is 5.26 Å². The zero-order valence-corrected chi connectivity index (χ0v) is 12.4. The Morgan fingerprint density at radius 3 is 2.23 bits per heavy atom. The Morgan fingerprint density at radius 1 is 1.05 bits per heavy atom. The lowest BCUT2D eigenvalue weighted by Crippen LogP contribution is -1.85. The van der Waals surface area contributed by atoms with E-state index in [2.05, 4.69) is 12.6 Å². The summed E-state index contributed by atoms with van der Waals surface area (Å²) in [5.41, 5.74) is 3.49. The first-order chi connectivity index (χ1) is 10.7. The van der Waals surface area contributed by atoms with Gasteiger partial charge >= 0.3 is 0 Å². The van der Waals surface area contributed by atoms with Gasteiger partial charge in [0.2, 0.25) is 0 Å². The van der Waals surface area contributed by atoms with Crippen molar-refractivity contribution in [2.45, 2.75) is 6.92 Å². The summed E-state index contributed by atoms with van der Waals surface area (Å²) in [6.07, 6.45) is 3.12. The lowest BCUT2D eigenvalue weighted by molar-refractivity contribution is 0.670. The first kappa shape index (κ1) is 15.5. The normalized spacial score (nSPS) is 12.3. The van der Waals surface area contributed by atoms with Gasteiger partial charge in [0.25, 0.3) is 0 Å². The van der Waals surface area contributed by atoms with E-state index in [1.165, 1.54) is 6.08 Å². The SMILES string of the molecule is C=C/C(=C\C(F)=C(/C)c1ccc(C#N)cc1)c1ccccc1. The van der Waals surface area contributed by atoms with Crippen molar-refractivity contribution in [1.82, 2.24) is 0 Å². The topological polar surface area (TPSA) is 23.8 Å². The quantitative estimate of drug-likeness (QED) is 0.679. The number of hydrogen-bond donors (Lipinski definition) is 0. The predicted molar refractivity (Wildman–Crippen MR) is 89.5 cm³/mol. The zero-order chi connectivity index (χ0) is 15.9. The molecule has 1 nitrogen and oxygen atoms in total. The van der Waals surface area contributed by atoms with Crippen LogP contribution in [0.2, 0.25) is 0 Å². The number of hydrogen-bond acceptors (Lipinski definition) is 1. The number of rotatable bonds is 4. The molecule has 0 saturated heterocycles. The molecule has 0 aliphatic heterocycles. The van der Waals surface area contributed by atoms with Gasteiger partial charge in [0.15, 0.2) is 0 Å². The smallest absolute Gasteiger partial charge is 0.127 e. The number of allylic oxidation sites excluding steroid dienone is 5. The van der Waals surface area contributed by atoms with Gasteiger partial charge in [0.05, 0.1) is 11.6 Å². The molecule has 0 saturated carbocycles. The molecule has 2 heteroatoms. The van der Waals surface area contributed by atoms with E-state index >= 15 is 0 Å². The zero-order valence-electron chi connectivity index (χ0n) is 12.4. The van der Waals surface area contributed by atoms with E-state index in [9.17, 15) is 4.39 Å². The fourth-order valence-corrected chi connectivity index (χ4v) is 2.07. The molecule has 2 aromatic rings. The largest absolute Gasteiger partial charge is 0.207 e. The van der Waals surface area contributed by atoms with Crippen LogP contribution in [0.5, 0.6) is 0 Å². The highest BCUT2D eigenvalue weighted by Gasteiger charge is 2.05. The second-order valence-corrected chi connectivity index (χ2v) is 4.83. The monoisotopic (exact) mass is 289 g/mol. The summed E-state index contributed by atoms with van der Waals surface area (Å²) < 4.78 is 14.5. The van der Waals surface area contributed by atoms with Crippen LogP contribution in [-0.4, -0.2) is 0 Å². The van der Waals surface area contributed by atoms with Gasteiger partial charge in [-0.15, -0.1) is 0 Å². The number of halogens is 1. The van der Waals surface area contributed by atoms with Gasteiger partial charge in [0, 0.05) is 0 Å². The summed E-state index contributed by atoms with van der Waals surface area (Å²) in [4.78, 5) is 0. The Balaban J connectivity index is 2.38. The summed E-state index contributed by atoms with van der Waals surface area (Å²) in [5, 5.41) is 8.80. The average molecular weight is 289 g/mol. The minimum Gasteiger partial charge on any atom is -0.207 e. The van der Waals surface area contributed by atoms with Crippen LogP contribution >= 0.6 is 0 Å². The molecule has 108 valence electrons. The van der Waals surface area contributed by atoms with Crippen LogP contribution in [0, 0.1) is 11.3 Å². The van der Waals surface area contributed by atoms with Gasteiger partial charge < -0.3 is 0 Å². The molecule has 0 aliphatic carbocycles. The molecule has 0 unspecified atom stereocenters. The second-order valence-electron chi connectivity index (χ2n) is 4.83. The molecule has 2 rings (SSSR count). The van der Waals surface area contributed by atoms with Gasteiger partial charge in [-0.3, -0.25) is 0 Å². The second kappa shape index (κ2) is 7.19. The standard InChI is InChI=1S/C20H16FN/c1-3-17(19-7-5-4-6-8-19)13-20(21)15(2)18-11-9-16(14-22)10-12-18/h3-13H,1H2,2H3/b17-13+,20-15-. The van der Waals surface area contributed by atoms with Crippen molar-refractivity contribution in [3.8, 4) is 6.07 Å². The summed E-state index contributed by atoms with van der Waals surface area (Å²) in [5.74, 6) is -0.316. The van der Waals surface area contributed by atoms with Crippen molar-refractivity contribution >= 4 is 11.1 Å². The Kier molecular flexibility index (Phi) is 5.06. The fourth-order valence-electron chi connectivity index (χ4n) is 2.07. The van der Waals surface area contributed by atoms with Gasteiger partial charge in [-0.05, 0) is 47.4 Å². The van der Waals surface area contributed by atoms with Crippen LogP contribution in [0.1, 0.15) is 23.6 Å². The summed E-state index contributed by atoms with van der Waals surface area (Å²) in [6.45, 7) is 5.47. The number of nitriles is 1. The Bertz CT molecular complexity index is 760. The molecule has 0 spiro atoms. The molecule has 0 aromatic heterocycles. The highest BCUT2D eigenvalue weighted by atomic mass is 19.1. The molecule has 22 heavy (non-hydrogen) atoms. The maximum absolute atomic E-state index is 14.5. The molecule has 0 N–H and O–H groups in total. The fraction of sp³-hybridized carbons (Fsp3) is 0.0500. The highest BCUT2D eigenvalue weighted by Crippen LogP contribution is 2.24. The molecule has 2 aromatic carbocycles. The third-order valence-electron chi connectivity index (χ3n) is 3.41. The van der Waals surface area contributed by atoms with Gasteiger partial charge in [-0.2, -0.15) is 5.26 Å². The first-order valence-electron chi connectivity index (χ1n) is 6.92. The van der Waals surface area contributed by atoms with E-state index in [1.54, 1.807) is 37.3 Å². The molecular weight excluding hydrogens is 273 g/mol. The maximum atomic E-state index is 14.5. The van der Waals surface area contributed by atoms with Crippen molar-refractivity contribution in [2.24, 2.45) is 0 Å². The van der Waals surface area contributed by atoms with Crippen LogP contribution in [0.25, 0.3) is 11.1 Å². The number of benzene rings is 2. The molecule has 0 atom stereocenters. The summed E-state index contributed by atoms with van der Waals surface area (Å²) in [7, 11) is 0. The van der Waals surface area contributed by atoms with Crippen LogP contribution in [-0.2, 0) is 0 Å². The van der Waals surface area contributed by atoms with Crippen molar-refractivity contribution in [1.29, 1.82) is 5.26 Å². The predicted octanol–water partition coefficient (Wildman–Crippen LogP) is 5.53. The van der Waals surface area contributed by atoms with Gasteiger partial charge in [-0.25, -0.2) is 4.39 Å². The lowest BCUT2D eigenvalue weighted by atomic mass is 10.0. The minimum absolute atomic E-state index is 0.316. The van der Waals surface area contributed by atoms with E-state index in [-0.39, 0.29) is 5.83 Å². The molecule has 0 fully saturated rings. The van der Waals surface area contributed by atoms with Crippen molar-refractivity contribution in [3.63, 3.8) is 0 Å². The van der Waals surface area contributed by atoms with Crippen LogP contribution in [0.4, 0.5) is 4.39 Å². The molecule has 0 heterocycles. The number of nitrogens with zero attached hydrogens (tertiary/aromatic N) is 1. The van der Waals surface area contributed by atoms with Crippen LogP contribution < -0.4 is 0 Å². The van der Waals surface area contributed by atoms with Gasteiger partial charge in [0.1, 0.15) is 5.83 Å². The molecule has 0 aliphatic rings.